The fraction of sp³-hybridized carbons (Fsp3) is 0.440. The normalized spacial score (nSPS) is 12.7. The zero-order valence-electron chi connectivity index (χ0n) is 19.6. The van der Waals surface area contributed by atoms with Crippen molar-refractivity contribution in [2.24, 2.45) is 0 Å². The van der Waals surface area contributed by atoms with Crippen molar-refractivity contribution in [2.45, 2.75) is 58.0 Å². The lowest BCUT2D eigenvalue weighted by Gasteiger charge is -2.31. The second-order valence-corrected chi connectivity index (χ2v) is 9.65. The number of rotatable bonds is 12. The largest absolute Gasteiger partial charge is 0.497 e. The van der Waals surface area contributed by atoms with E-state index in [9.17, 15) is 9.59 Å². The van der Waals surface area contributed by atoms with E-state index in [0.717, 1.165) is 23.3 Å². The molecule has 33 heavy (non-hydrogen) atoms. The van der Waals surface area contributed by atoms with Crippen LogP contribution in [0.5, 0.6) is 5.75 Å². The number of carbonyl (C=O) groups is 2. The number of nitrogens with zero attached hydrogens (tertiary/aromatic N) is 1. The molecule has 0 saturated heterocycles. The molecule has 0 aliphatic rings. The summed E-state index contributed by atoms with van der Waals surface area (Å²) in [6.07, 6.45) is 1.36. The third kappa shape index (κ3) is 8.43. The van der Waals surface area contributed by atoms with Crippen molar-refractivity contribution in [3.8, 4) is 5.75 Å². The van der Waals surface area contributed by atoms with Crippen LogP contribution in [0.3, 0.4) is 0 Å². The molecule has 0 saturated carbocycles. The number of nitrogens with one attached hydrogen (secondary N) is 1. The van der Waals surface area contributed by atoms with Gasteiger partial charge in [0.1, 0.15) is 11.8 Å². The van der Waals surface area contributed by atoms with Gasteiger partial charge >= 0.3 is 0 Å². The fourth-order valence-electron chi connectivity index (χ4n) is 3.26. The van der Waals surface area contributed by atoms with E-state index in [1.165, 1.54) is 11.8 Å². The van der Waals surface area contributed by atoms with E-state index in [0.29, 0.717) is 28.8 Å². The predicted molar refractivity (Wildman–Crippen MR) is 138 cm³/mol. The third-order valence-electron chi connectivity index (χ3n) is 5.38. The van der Waals surface area contributed by atoms with Crippen molar-refractivity contribution in [1.82, 2.24) is 10.2 Å². The molecule has 0 bridgehead atoms. The van der Waals surface area contributed by atoms with Gasteiger partial charge in [-0.1, -0.05) is 55.2 Å². The number of thioether (sulfide) groups is 1. The molecule has 0 fully saturated rings. The van der Waals surface area contributed by atoms with Crippen molar-refractivity contribution in [2.75, 3.05) is 12.9 Å². The Morgan fingerprint density at radius 3 is 2.27 bits per heavy atom. The standard InChI is InChI=1S/C25H32Cl2N2O3S/c1-5-17(3)28-25(31)23(6-2)29(14-18-7-10-20(32-4)11-8-18)24(30)16-33-15-19-9-12-21(26)22(27)13-19/h7-13,17,23H,5-6,14-16H2,1-4H3,(H,28,31)/t17-,23-/m0/s1. The van der Waals surface area contributed by atoms with Gasteiger partial charge < -0.3 is 15.0 Å². The fourth-order valence-corrected chi connectivity index (χ4v) is 4.44. The molecule has 0 unspecified atom stereocenters. The summed E-state index contributed by atoms with van der Waals surface area (Å²) in [5, 5.41) is 4.03. The van der Waals surface area contributed by atoms with Crippen LogP contribution in [0.4, 0.5) is 0 Å². The summed E-state index contributed by atoms with van der Waals surface area (Å²) in [5.41, 5.74) is 1.93. The van der Waals surface area contributed by atoms with Crippen LogP contribution in [0.15, 0.2) is 42.5 Å². The maximum Gasteiger partial charge on any atom is 0.243 e. The number of benzene rings is 2. The summed E-state index contributed by atoms with van der Waals surface area (Å²) in [4.78, 5) is 28.0. The van der Waals surface area contributed by atoms with E-state index in [-0.39, 0.29) is 23.6 Å². The van der Waals surface area contributed by atoms with Gasteiger partial charge in [0.05, 0.1) is 22.9 Å². The zero-order valence-corrected chi connectivity index (χ0v) is 21.9. The lowest BCUT2D eigenvalue weighted by Crippen LogP contribution is -2.51. The van der Waals surface area contributed by atoms with E-state index in [2.05, 4.69) is 5.32 Å². The Hall–Kier alpha value is -1.89. The van der Waals surface area contributed by atoms with Gasteiger partial charge in [0, 0.05) is 18.3 Å². The molecule has 0 heterocycles. The molecule has 2 aromatic rings. The molecule has 2 rings (SSSR count). The topological polar surface area (TPSA) is 58.6 Å². The molecular formula is C25H32Cl2N2O3S. The summed E-state index contributed by atoms with van der Waals surface area (Å²) in [6.45, 7) is 6.26. The van der Waals surface area contributed by atoms with Gasteiger partial charge in [0.15, 0.2) is 0 Å². The molecule has 0 spiro atoms. The van der Waals surface area contributed by atoms with E-state index in [1.807, 2.05) is 57.2 Å². The number of carbonyl (C=O) groups excluding carboxylic acids is 2. The summed E-state index contributed by atoms with van der Waals surface area (Å²) in [6, 6.07) is 12.5. The number of amides is 2. The van der Waals surface area contributed by atoms with Gasteiger partial charge in [-0.05, 0) is 55.2 Å². The molecule has 0 aliphatic heterocycles. The van der Waals surface area contributed by atoms with Crippen LogP contribution in [0.1, 0.15) is 44.7 Å². The SMILES string of the molecule is CC[C@H](C)NC(=O)[C@H](CC)N(Cc1ccc(OC)cc1)C(=O)CSCc1ccc(Cl)c(Cl)c1. The third-order valence-corrected chi connectivity index (χ3v) is 7.10. The van der Waals surface area contributed by atoms with E-state index >= 15 is 0 Å². The van der Waals surface area contributed by atoms with Gasteiger partial charge in [0.25, 0.3) is 0 Å². The molecule has 0 radical (unpaired) electrons. The Balaban J connectivity index is 2.14. The maximum absolute atomic E-state index is 13.3. The van der Waals surface area contributed by atoms with Crippen LogP contribution in [0, 0.1) is 0 Å². The first-order chi connectivity index (χ1) is 15.8. The lowest BCUT2D eigenvalue weighted by atomic mass is 10.1. The molecule has 0 aliphatic carbocycles. The molecule has 2 atom stereocenters. The molecule has 180 valence electrons. The number of methoxy groups -OCH3 is 1. The minimum atomic E-state index is -0.542. The lowest BCUT2D eigenvalue weighted by molar-refractivity contribution is -0.139. The van der Waals surface area contributed by atoms with Crippen LogP contribution < -0.4 is 10.1 Å². The van der Waals surface area contributed by atoms with E-state index in [4.69, 9.17) is 27.9 Å². The van der Waals surface area contributed by atoms with Gasteiger partial charge in [-0.2, -0.15) is 0 Å². The highest BCUT2D eigenvalue weighted by molar-refractivity contribution is 7.99. The van der Waals surface area contributed by atoms with Crippen molar-refractivity contribution < 1.29 is 14.3 Å². The maximum atomic E-state index is 13.3. The molecule has 1 N–H and O–H groups in total. The molecule has 0 aromatic heterocycles. The Kier molecular flexibility index (Phi) is 11.4. The Bertz CT molecular complexity index is 924. The Morgan fingerprint density at radius 2 is 1.70 bits per heavy atom. The van der Waals surface area contributed by atoms with Crippen LogP contribution in [0.25, 0.3) is 0 Å². The van der Waals surface area contributed by atoms with Crippen molar-refractivity contribution >= 4 is 46.8 Å². The minimum absolute atomic E-state index is 0.0496. The molecular weight excluding hydrogens is 479 g/mol. The monoisotopic (exact) mass is 510 g/mol. The van der Waals surface area contributed by atoms with Gasteiger partial charge in [-0.3, -0.25) is 9.59 Å². The zero-order chi connectivity index (χ0) is 24.4. The highest BCUT2D eigenvalue weighted by Crippen LogP contribution is 2.25. The van der Waals surface area contributed by atoms with Crippen molar-refractivity contribution in [3.63, 3.8) is 0 Å². The Morgan fingerprint density at radius 1 is 1.03 bits per heavy atom. The van der Waals surface area contributed by atoms with Crippen LogP contribution in [-0.2, 0) is 21.9 Å². The first-order valence-electron chi connectivity index (χ1n) is 11.0. The van der Waals surface area contributed by atoms with Gasteiger partial charge in [-0.15, -0.1) is 11.8 Å². The average Bonchev–Trinajstić information content (AvgIpc) is 2.81. The first kappa shape index (κ1) is 27.4. The van der Waals surface area contributed by atoms with Gasteiger partial charge in [0.2, 0.25) is 11.8 Å². The molecule has 2 aromatic carbocycles. The van der Waals surface area contributed by atoms with Gasteiger partial charge in [-0.25, -0.2) is 0 Å². The van der Waals surface area contributed by atoms with Crippen LogP contribution in [-0.4, -0.2) is 41.7 Å². The molecule has 5 nitrogen and oxygen atoms in total. The smallest absolute Gasteiger partial charge is 0.243 e. The summed E-state index contributed by atoms with van der Waals surface area (Å²) in [7, 11) is 1.61. The average molecular weight is 512 g/mol. The summed E-state index contributed by atoms with van der Waals surface area (Å²) < 4.78 is 5.23. The van der Waals surface area contributed by atoms with Crippen LogP contribution >= 0.6 is 35.0 Å². The highest BCUT2D eigenvalue weighted by atomic mass is 35.5. The molecule has 8 heteroatoms. The van der Waals surface area contributed by atoms with Crippen LogP contribution in [0.2, 0.25) is 10.0 Å². The number of halogens is 2. The summed E-state index contributed by atoms with van der Waals surface area (Å²) >= 11 is 13.6. The first-order valence-corrected chi connectivity index (χ1v) is 12.9. The Labute approximate surface area is 211 Å². The van der Waals surface area contributed by atoms with Crippen molar-refractivity contribution in [1.29, 1.82) is 0 Å². The number of ether oxygens (including phenoxy) is 1. The number of hydrogen-bond donors (Lipinski definition) is 1. The molecule has 2 amide bonds. The summed E-state index contributed by atoms with van der Waals surface area (Å²) in [5.74, 6) is 1.42. The second-order valence-electron chi connectivity index (χ2n) is 7.85. The quantitative estimate of drug-likeness (QED) is 0.382. The van der Waals surface area contributed by atoms with E-state index in [1.54, 1.807) is 18.1 Å². The predicted octanol–water partition coefficient (Wildman–Crippen LogP) is 5.96. The highest BCUT2D eigenvalue weighted by Gasteiger charge is 2.29. The minimum Gasteiger partial charge on any atom is -0.497 e. The number of hydrogen-bond acceptors (Lipinski definition) is 4. The van der Waals surface area contributed by atoms with E-state index < -0.39 is 6.04 Å². The second kappa shape index (κ2) is 13.7. The van der Waals surface area contributed by atoms with Crippen molar-refractivity contribution in [3.05, 3.63) is 63.6 Å².